The van der Waals surface area contributed by atoms with Crippen LogP contribution in [0.15, 0.2) is 89.7 Å². The third-order valence-corrected chi connectivity index (χ3v) is 6.92. The Balaban J connectivity index is 1.52. The summed E-state index contributed by atoms with van der Waals surface area (Å²) in [5.41, 5.74) is 3.29. The Kier molecular flexibility index (Phi) is 5.85. The van der Waals surface area contributed by atoms with Crippen molar-refractivity contribution in [2.75, 3.05) is 14.2 Å². The van der Waals surface area contributed by atoms with Gasteiger partial charge in [-0.2, -0.15) is 4.98 Å². The molecule has 6 heteroatoms. The molecule has 0 spiro atoms. The average Bonchev–Trinajstić information content (AvgIpc) is 2.95. The van der Waals surface area contributed by atoms with E-state index in [0.717, 1.165) is 28.3 Å². The first-order valence-electron chi connectivity index (χ1n) is 12.2. The van der Waals surface area contributed by atoms with E-state index >= 15 is 0 Å². The number of hydrogen-bond donors (Lipinski definition) is 1. The van der Waals surface area contributed by atoms with Crippen LogP contribution in [0, 0.1) is 0 Å². The molecule has 0 radical (unpaired) electrons. The fraction of sp³-hybridized carbons (Fsp3) is 0.161. The Morgan fingerprint density at radius 1 is 0.838 bits per heavy atom. The molecule has 1 aliphatic rings. The molecule has 1 aromatic heterocycles. The van der Waals surface area contributed by atoms with Gasteiger partial charge in [-0.05, 0) is 46.5 Å². The van der Waals surface area contributed by atoms with Crippen molar-refractivity contribution < 1.29 is 14.2 Å². The molecule has 184 valence electrons. The van der Waals surface area contributed by atoms with Gasteiger partial charge < -0.3 is 19.2 Å². The van der Waals surface area contributed by atoms with Crippen LogP contribution in [0.2, 0.25) is 0 Å². The summed E-state index contributed by atoms with van der Waals surface area (Å²) in [6.07, 6.45) is 1.37. The molecule has 1 atom stereocenters. The Morgan fingerprint density at radius 2 is 1.62 bits per heavy atom. The van der Waals surface area contributed by atoms with Gasteiger partial charge in [0.2, 0.25) is 5.88 Å². The zero-order chi connectivity index (χ0) is 25.4. The minimum absolute atomic E-state index is 0.202. The molecule has 0 aliphatic carbocycles. The summed E-state index contributed by atoms with van der Waals surface area (Å²) >= 11 is 0. The van der Waals surface area contributed by atoms with Crippen LogP contribution in [0.4, 0.5) is 0 Å². The minimum atomic E-state index is -0.399. The third kappa shape index (κ3) is 4.10. The highest BCUT2D eigenvalue weighted by atomic mass is 16.5. The Labute approximate surface area is 214 Å². The predicted octanol–water partition coefficient (Wildman–Crippen LogP) is 6.01. The highest BCUT2D eigenvalue weighted by Crippen LogP contribution is 2.49. The van der Waals surface area contributed by atoms with Crippen molar-refractivity contribution in [1.82, 2.24) is 9.97 Å². The number of nitrogens with one attached hydrogen (secondary N) is 1. The van der Waals surface area contributed by atoms with Gasteiger partial charge in [-0.1, -0.05) is 66.7 Å². The lowest BCUT2D eigenvalue weighted by Gasteiger charge is -2.29. The van der Waals surface area contributed by atoms with Crippen LogP contribution in [0.5, 0.6) is 23.1 Å². The molecule has 1 N–H and O–H groups in total. The number of aromatic nitrogens is 2. The lowest BCUT2D eigenvalue weighted by Crippen LogP contribution is -2.25. The molecule has 6 rings (SSSR count). The number of aryl methyl sites for hydroxylation is 2. The first-order chi connectivity index (χ1) is 18.2. The molecule has 1 unspecified atom stereocenters. The van der Waals surface area contributed by atoms with Gasteiger partial charge in [-0.3, -0.25) is 4.79 Å². The predicted molar refractivity (Wildman–Crippen MR) is 143 cm³/mol. The smallest absolute Gasteiger partial charge is 0.258 e. The van der Waals surface area contributed by atoms with Gasteiger partial charge in [0.25, 0.3) is 5.56 Å². The van der Waals surface area contributed by atoms with Crippen LogP contribution in [-0.4, -0.2) is 24.2 Å². The van der Waals surface area contributed by atoms with Gasteiger partial charge in [0.15, 0.2) is 11.5 Å². The fourth-order valence-electron chi connectivity index (χ4n) is 5.14. The number of nitrogens with zero attached hydrogens (tertiary/aromatic N) is 1. The van der Waals surface area contributed by atoms with E-state index in [2.05, 4.69) is 29.2 Å². The van der Waals surface area contributed by atoms with E-state index in [1.165, 1.54) is 5.56 Å². The molecular formula is C31H26N2O4. The Bertz CT molecular complexity index is 1660. The van der Waals surface area contributed by atoms with Crippen LogP contribution < -0.4 is 19.8 Å². The van der Waals surface area contributed by atoms with Gasteiger partial charge in [0.1, 0.15) is 11.6 Å². The molecule has 0 saturated heterocycles. The molecule has 0 amide bonds. The van der Waals surface area contributed by atoms with Crippen molar-refractivity contribution in [3.05, 3.63) is 123 Å². The first-order valence-corrected chi connectivity index (χ1v) is 12.2. The van der Waals surface area contributed by atoms with Crippen LogP contribution in [0.1, 0.15) is 34.0 Å². The maximum Gasteiger partial charge on any atom is 0.258 e. The number of rotatable bonds is 6. The minimum Gasteiger partial charge on any atom is -0.493 e. The quantitative estimate of drug-likeness (QED) is 0.309. The van der Waals surface area contributed by atoms with Crippen molar-refractivity contribution in [2.45, 2.75) is 18.8 Å². The van der Waals surface area contributed by atoms with Crippen LogP contribution in [0.3, 0.4) is 0 Å². The summed E-state index contributed by atoms with van der Waals surface area (Å²) in [6.45, 7) is 0. The molecular weight excluding hydrogens is 464 g/mol. The first kappa shape index (κ1) is 22.9. The summed E-state index contributed by atoms with van der Waals surface area (Å²) in [5, 5.41) is 2.10. The van der Waals surface area contributed by atoms with Crippen LogP contribution in [-0.2, 0) is 12.8 Å². The van der Waals surface area contributed by atoms with E-state index in [1.54, 1.807) is 14.2 Å². The number of benzene rings is 4. The SMILES string of the molecule is COc1ccc(C2c3c(nc(CCc4ccccc4)[nH]c3=O)Oc3ccc4ccccc4c32)cc1OC. The number of methoxy groups -OCH3 is 2. The number of fused-ring (bicyclic) bond motifs is 4. The van der Waals surface area contributed by atoms with Crippen molar-refractivity contribution in [2.24, 2.45) is 0 Å². The van der Waals surface area contributed by atoms with Gasteiger partial charge in [-0.25, -0.2) is 0 Å². The topological polar surface area (TPSA) is 73.4 Å². The second-order valence-corrected chi connectivity index (χ2v) is 9.07. The lowest BCUT2D eigenvalue weighted by molar-refractivity contribution is 0.354. The summed E-state index contributed by atoms with van der Waals surface area (Å²) in [6, 6.07) is 28.0. The Morgan fingerprint density at radius 3 is 2.43 bits per heavy atom. The van der Waals surface area contributed by atoms with E-state index in [4.69, 9.17) is 19.2 Å². The standard InChI is InChI=1S/C31H26N2O4/c1-35-23-15-14-21(18-25(23)36-2)27-28-22-11-7-6-10-20(22)13-16-24(28)37-31-29(27)30(34)32-26(33-31)17-12-19-8-4-3-5-9-19/h3-11,13-16,18,27H,12,17H2,1-2H3,(H,32,33,34). The molecule has 37 heavy (non-hydrogen) atoms. The van der Waals surface area contributed by atoms with Crippen molar-refractivity contribution in [1.29, 1.82) is 0 Å². The number of H-pyrrole nitrogens is 1. The molecule has 4 aromatic carbocycles. The van der Waals surface area contributed by atoms with Crippen molar-refractivity contribution in [3.63, 3.8) is 0 Å². The average molecular weight is 491 g/mol. The van der Waals surface area contributed by atoms with Gasteiger partial charge in [-0.15, -0.1) is 0 Å². The van der Waals surface area contributed by atoms with Crippen LogP contribution >= 0.6 is 0 Å². The van der Waals surface area contributed by atoms with Gasteiger partial charge in [0, 0.05) is 17.9 Å². The van der Waals surface area contributed by atoms with Crippen molar-refractivity contribution in [3.8, 4) is 23.1 Å². The summed E-state index contributed by atoms with van der Waals surface area (Å²) in [5.74, 6) is 2.46. The maximum atomic E-state index is 13.7. The Hall–Kier alpha value is -4.58. The number of aromatic amines is 1. The maximum absolute atomic E-state index is 13.7. The number of ether oxygens (including phenoxy) is 3. The lowest BCUT2D eigenvalue weighted by atomic mass is 9.81. The van der Waals surface area contributed by atoms with Crippen LogP contribution in [0.25, 0.3) is 10.8 Å². The van der Waals surface area contributed by atoms with Gasteiger partial charge in [0.05, 0.1) is 19.8 Å². The molecule has 0 saturated carbocycles. The molecule has 0 bridgehead atoms. The zero-order valence-corrected chi connectivity index (χ0v) is 20.7. The second-order valence-electron chi connectivity index (χ2n) is 9.07. The molecule has 0 fully saturated rings. The van der Waals surface area contributed by atoms with Crippen molar-refractivity contribution >= 4 is 10.8 Å². The largest absolute Gasteiger partial charge is 0.493 e. The van der Waals surface area contributed by atoms with Gasteiger partial charge >= 0.3 is 0 Å². The highest BCUT2D eigenvalue weighted by molar-refractivity contribution is 5.90. The van der Waals surface area contributed by atoms with E-state index in [-0.39, 0.29) is 5.56 Å². The molecule has 6 nitrogen and oxygen atoms in total. The second kappa shape index (κ2) is 9.47. The van der Waals surface area contributed by atoms with E-state index in [0.29, 0.717) is 40.9 Å². The zero-order valence-electron chi connectivity index (χ0n) is 20.7. The normalized spacial score (nSPS) is 13.9. The van der Waals surface area contributed by atoms with E-state index < -0.39 is 5.92 Å². The highest BCUT2D eigenvalue weighted by Gasteiger charge is 2.35. The van der Waals surface area contributed by atoms with E-state index in [1.807, 2.05) is 60.7 Å². The number of hydrogen-bond acceptors (Lipinski definition) is 5. The molecule has 1 aliphatic heterocycles. The summed E-state index contributed by atoms with van der Waals surface area (Å²) in [7, 11) is 3.21. The van der Waals surface area contributed by atoms with E-state index in [9.17, 15) is 4.79 Å². The third-order valence-electron chi connectivity index (χ3n) is 6.92. The summed E-state index contributed by atoms with van der Waals surface area (Å²) < 4.78 is 17.4. The monoisotopic (exact) mass is 490 g/mol. The molecule has 2 heterocycles. The molecule has 5 aromatic rings. The fourth-order valence-corrected chi connectivity index (χ4v) is 5.14. The summed E-state index contributed by atoms with van der Waals surface area (Å²) in [4.78, 5) is 21.5.